The van der Waals surface area contributed by atoms with Crippen LogP contribution in [0, 0.1) is 0 Å². The number of carbonyl (C=O) groups is 1. The average molecular weight is 452 g/mol. The molecule has 1 N–H and O–H groups in total. The molecular weight excluding hydrogens is 426 g/mol. The Morgan fingerprint density at radius 2 is 1.75 bits per heavy atom. The summed E-state index contributed by atoms with van der Waals surface area (Å²) in [6.45, 7) is 1.74. The lowest BCUT2D eigenvalue weighted by Crippen LogP contribution is -2.30. The summed E-state index contributed by atoms with van der Waals surface area (Å²) in [6, 6.07) is 18.4. The van der Waals surface area contributed by atoms with Crippen LogP contribution in [0.3, 0.4) is 0 Å². The number of benzene rings is 3. The molecule has 6 heteroatoms. The summed E-state index contributed by atoms with van der Waals surface area (Å²) in [5.41, 5.74) is 2.99. The van der Waals surface area contributed by atoms with Gasteiger partial charge in [-0.1, -0.05) is 29.8 Å². The van der Waals surface area contributed by atoms with Gasteiger partial charge in [-0.25, -0.2) is 0 Å². The molecule has 166 valence electrons. The lowest BCUT2D eigenvalue weighted by atomic mass is 9.91. The number of hydrogen-bond donors (Lipinski definition) is 1. The van der Waals surface area contributed by atoms with Gasteiger partial charge < -0.3 is 19.5 Å². The molecule has 0 heterocycles. The first kappa shape index (κ1) is 22.0. The number of methoxy groups -OCH3 is 1. The molecule has 0 bridgehead atoms. The predicted octanol–water partition coefficient (Wildman–Crippen LogP) is 6.43. The fourth-order valence-corrected chi connectivity index (χ4v) is 3.99. The van der Waals surface area contributed by atoms with Crippen LogP contribution in [0.15, 0.2) is 60.7 Å². The van der Waals surface area contributed by atoms with Gasteiger partial charge in [0.1, 0.15) is 17.2 Å². The van der Waals surface area contributed by atoms with E-state index >= 15 is 0 Å². The van der Waals surface area contributed by atoms with E-state index in [0.29, 0.717) is 28.0 Å². The van der Waals surface area contributed by atoms with Gasteiger partial charge in [0.2, 0.25) is 0 Å². The third kappa shape index (κ3) is 5.17. The van der Waals surface area contributed by atoms with Crippen LogP contribution in [-0.2, 0) is 17.6 Å². The van der Waals surface area contributed by atoms with Gasteiger partial charge in [0.25, 0.3) is 5.91 Å². The molecule has 0 saturated carbocycles. The van der Waals surface area contributed by atoms with Crippen molar-refractivity contribution in [3.63, 3.8) is 0 Å². The third-order valence-corrected chi connectivity index (χ3v) is 5.73. The molecule has 0 saturated heterocycles. The van der Waals surface area contributed by atoms with Gasteiger partial charge in [0.05, 0.1) is 12.8 Å². The first-order valence-corrected chi connectivity index (χ1v) is 11.1. The lowest BCUT2D eigenvalue weighted by molar-refractivity contribution is -0.122. The number of anilines is 1. The van der Waals surface area contributed by atoms with Crippen molar-refractivity contribution in [3.05, 3.63) is 76.8 Å². The molecular formula is C26H26ClNO4. The molecule has 1 aliphatic carbocycles. The molecule has 0 spiro atoms. The molecule has 0 fully saturated rings. The Hall–Kier alpha value is -3.18. The fraction of sp³-hybridized carbons (Fsp3) is 0.269. The summed E-state index contributed by atoms with van der Waals surface area (Å²) in [5.74, 6) is 2.23. The zero-order chi connectivity index (χ0) is 22.5. The monoisotopic (exact) mass is 451 g/mol. The maximum atomic E-state index is 12.9. The number of halogens is 1. The van der Waals surface area contributed by atoms with Gasteiger partial charge in [-0.2, -0.15) is 0 Å². The second kappa shape index (κ2) is 9.96. The number of hydrogen-bond acceptors (Lipinski definition) is 4. The van der Waals surface area contributed by atoms with E-state index in [-0.39, 0.29) is 5.91 Å². The van der Waals surface area contributed by atoms with Gasteiger partial charge in [0.15, 0.2) is 11.9 Å². The van der Waals surface area contributed by atoms with Crippen molar-refractivity contribution in [3.8, 4) is 23.0 Å². The quantitative estimate of drug-likeness (QED) is 0.450. The van der Waals surface area contributed by atoms with Crippen molar-refractivity contribution < 1.29 is 19.0 Å². The van der Waals surface area contributed by atoms with E-state index in [1.807, 2.05) is 30.3 Å². The normalized spacial score (nSPS) is 13.6. The van der Waals surface area contributed by atoms with Gasteiger partial charge in [0, 0.05) is 11.1 Å². The van der Waals surface area contributed by atoms with Gasteiger partial charge in [-0.3, -0.25) is 4.79 Å². The number of amides is 1. The minimum atomic E-state index is -0.688. The second-order valence-corrected chi connectivity index (χ2v) is 8.21. The Balaban J connectivity index is 1.50. The van der Waals surface area contributed by atoms with Crippen LogP contribution in [0.1, 0.15) is 30.9 Å². The molecule has 0 radical (unpaired) electrons. The highest BCUT2D eigenvalue weighted by atomic mass is 35.5. The summed E-state index contributed by atoms with van der Waals surface area (Å²) in [6.07, 6.45) is 3.68. The molecule has 1 atom stereocenters. The summed E-state index contributed by atoms with van der Waals surface area (Å²) >= 11 is 6.18. The Kier molecular flexibility index (Phi) is 6.86. The largest absolute Gasteiger partial charge is 0.497 e. The molecule has 0 aromatic heterocycles. The van der Waals surface area contributed by atoms with Gasteiger partial charge >= 0.3 is 0 Å². The number of nitrogens with one attached hydrogen (secondary N) is 1. The molecule has 5 nitrogen and oxygen atoms in total. The number of rotatable bonds is 7. The third-order valence-electron chi connectivity index (χ3n) is 5.49. The Labute approximate surface area is 193 Å². The van der Waals surface area contributed by atoms with Crippen LogP contribution in [0.2, 0.25) is 5.02 Å². The highest BCUT2D eigenvalue weighted by Crippen LogP contribution is 2.34. The highest BCUT2D eigenvalue weighted by molar-refractivity contribution is 6.31. The first-order valence-electron chi connectivity index (χ1n) is 10.7. The molecule has 1 aliphatic rings. The fourth-order valence-electron chi connectivity index (χ4n) is 3.82. The minimum absolute atomic E-state index is 0.281. The number of ether oxygens (including phenoxy) is 3. The first-order chi connectivity index (χ1) is 15.5. The van der Waals surface area contributed by atoms with Crippen molar-refractivity contribution in [2.75, 3.05) is 12.4 Å². The van der Waals surface area contributed by atoms with E-state index in [2.05, 4.69) is 11.4 Å². The van der Waals surface area contributed by atoms with Crippen molar-refractivity contribution >= 4 is 23.2 Å². The maximum absolute atomic E-state index is 12.9. The number of fused-ring (bicyclic) bond motifs is 1. The molecule has 1 unspecified atom stereocenters. The van der Waals surface area contributed by atoms with Crippen LogP contribution >= 0.6 is 11.6 Å². The van der Waals surface area contributed by atoms with Crippen LogP contribution in [0.25, 0.3) is 0 Å². The molecule has 32 heavy (non-hydrogen) atoms. The van der Waals surface area contributed by atoms with Gasteiger partial charge in [-0.05, 0) is 80.1 Å². The van der Waals surface area contributed by atoms with Gasteiger partial charge in [-0.15, -0.1) is 0 Å². The van der Waals surface area contributed by atoms with E-state index in [9.17, 15) is 4.79 Å². The second-order valence-electron chi connectivity index (χ2n) is 7.77. The van der Waals surface area contributed by atoms with E-state index in [0.717, 1.165) is 25.0 Å². The molecule has 3 aromatic carbocycles. The van der Waals surface area contributed by atoms with E-state index < -0.39 is 6.10 Å². The summed E-state index contributed by atoms with van der Waals surface area (Å²) in [7, 11) is 1.60. The summed E-state index contributed by atoms with van der Waals surface area (Å²) < 4.78 is 17.3. The average Bonchev–Trinajstić information content (AvgIpc) is 2.81. The standard InChI is InChI=1S/C26H26ClNO4/c1-17(31-24-12-5-8-18-7-3-4-11-22(18)24)26(29)28-23-15-19(27)13-14-25(23)32-21-10-6-9-20(16-21)30-2/h5-6,8-10,12-17H,3-4,7,11H2,1-2H3,(H,28,29). The Morgan fingerprint density at radius 3 is 2.59 bits per heavy atom. The predicted molar refractivity (Wildman–Crippen MR) is 126 cm³/mol. The van der Waals surface area contributed by atoms with E-state index in [4.69, 9.17) is 25.8 Å². The topological polar surface area (TPSA) is 56.8 Å². The summed E-state index contributed by atoms with van der Waals surface area (Å²) in [4.78, 5) is 12.9. The zero-order valence-corrected chi connectivity index (χ0v) is 18.9. The zero-order valence-electron chi connectivity index (χ0n) is 18.2. The van der Waals surface area contributed by atoms with Crippen LogP contribution in [0.4, 0.5) is 5.69 Å². The molecule has 4 rings (SSSR count). The van der Waals surface area contributed by atoms with Crippen LogP contribution in [-0.4, -0.2) is 19.1 Å². The van der Waals surface area contributed by atoms with Crippen LogP contribution in [0.5, 0.6) is 23.0 Å². The van der Waals surface area contributed by atoms with Crippen molar-refractivity contribution in [1.29, 1.82) is 0 Å². The summed E-state index contributed by atoms with van der Waals surface area (Å²) in [5, 5.41) is 3.39. The highest BCUT2D eigenvalue weighted by Gasteiger charge is 2.21. The lowest BCUT2D eigenvalue weighted by Gasteiger charge is -2.22. The SMILES string of the molecule is COc1cccc(Oc2ccc(Cl)cc2NC(=O)C(C)Oc2cccc3c2CCCC3)c1. The van der Waals surface area contributed by atoms with Crippen LogP contribution < -0.4 is 19.5 Å². The van der Waals surface area contributed by atoms with Crippen molar-refractivity contribution in [2.24, 2.45) is 0 Å². The van der Waals surface area contributed by atoms with E-state index in [1.54, 1.807) is 38.3 Å². The molecule has 1 amide bonds. The number of carbonyl (C=O) groups excluding carboxylic acids is 1. The Morgan fingerprint density at radius 1 is 0.969 bits per heavy atom. The van der Waals surface area contributed by atoms with Crippen molar-refractivity contribution in [1.82, 2.24) is 0 Å². The molecule has 3 aromatic rings. The van der Waals surface area contributed by atoms with Crippen molar-refractivity contribution in [2.45, 2.75) is 38.7 Å². The Bertz CT molecular complexity index is 1110. The van der Waals surface area contributed by atoms with E-state index in [1.165, 1.54) is 17.5 Å². The maximum Gasteiger partial charge on any atom is 0.265 e. The minimum Gasteiger partial charge on any atom is -0.497 e. The number of aryl methyl sites for hydroxylation is 1. The molecule has 0 aliphatic heterocycles. The smallest absolute Gasteiger partial charge is 0.265 e.